The maximum absolute atomic E-state index is 10.3. The Bertz CT molecular complexity index is 1230. The van der Waals surface area contributed by atoms with Gasteiger partial charge in [0.15, 0.2) is 0 Å². The van der Waals surface area contributed by atoms with E-state index in [4.69, 9.17) is 9.54 Å². The molecule has 3 aliphatic rings. The molecule has 0 radical (unpaired) electrons. The fraction of sp³-hybridized carbons (Fsp3) is 0.519. The van der Waals surface area contributed by atoms with E-state index in [1.807, 2.05) is 17.5 Å². The number of fused-ring (bicyclic) bond motifs is 4. The number of nitrogens with zero attached hydrogens (tertiary/aromatic N) is 3. The van der Waals surface area contributed by atoms with E-state index in [1.165, 1.54) is 28.2 Å². The first kappa shape index (κ1) is 25.6. The highest BCUT2D eigenvalue weighted by molar-refractivity contribution is 7.83. The third-order valence-electron chi connectivity index (χ3n) is 7.89. The Balaban J connectivity index is 0.000000205. The average Bonchev–Trinajstić information content (AvgIpc) is 3.54. The van der Waals surface area contributed by atoms with Crippen LogP contribution >= 0.6 is 11.3 Å². The number of nitrogens with one attached hydrogen (secondary N) is 1. The van der Waals surface area contributed by atoms with Crippen LogP contribution in [0.3, 0.4) is 0 Å². The van der Waals surface area contributed by atoms with Crippen LogP contribution in [-0.4, -0.2) is 46.6 Å². The van der Waals surface area contributed by atoms with Gasteiger partial charge in [0.1, 0.15) is 5.82 Å². The van der Waals surface area contributed by atoms with E-state index in [2.05, 4.69) is 62.2 Å². The molecule has 36 heavy (non-hydrogen) atoms. The van der Waals surface area contributed by atoms with Gasteiger partial charge in [0.05, 0.1) is 5.41 Å². The molecule has 1 spiro atoms. The van der Waals surface area contributed by atoms with Crippen molar-refractivity contribution in [2.75, 3.05) is 13.1 Å². The minimum atomic E-state index is -3.97. The number of benzene rings is 1. The maximum atomic E-state index is 10.3. The van der Waals surface area contributed by atoms with Crippen molar-refractivity contribution in [3.8, 4) is 0 Å². The van der Waals surface area contributed by atoms with Crippen LogP contribution in [0.2, 0.25) is 0 Å². The second kappa shape index (κ2) is 11.1. The van der Waals surface area contributed by atoms with Crippen molar-refractivity contribution in [3.63, 3.8) is 0 Å². The van der Waals surface area contributed by atoms with Crippen molar-refractivity contribution < 1.29 is 13.0 Å². The average molecular weight is 529 g/mol. The molecule has 4 heterocycles. The summed E-state index contributed by atoms with van der Waals surface area (Å²) in [6.45, 7) is 4.41. The highest BCUT2D eigenvalue weighted by Crippen LogP contribution is 2.44. The SMILES string of the molecule is O=S(=O)(O)NC1CCCCC1.c1csc(CN2CCC3(CC2)c2ccccc2CCn2ccnc23)c1. The van der Waals surface area contributed by atoms with Crippen molar-refractivity contribution >= 4 is 21.6 Å². The summed E-state index contributed by atoms with van der Waals surface area (Å²) in [5.74, 6) is 1.29. The number of thiophene rings is 1. The lowest BCUT2D eigenvalue weighted by Gasteiger charge is -2.42. The number of imidazole rings is 1. The van der Waals surface area contributed by atoms with E-state index in [-0.39, 0.29) is 11.5 Å². The molecular formula is C27H36N4O3S2. The van der Waals surface area contributed by atoms with Crippen molar-refractivity contribution in [2.45, 2.75) is 75.9 Å². The summed E-state index contributed by atoms with van der Waals surface area (Å²) in [5, 5.41) is 2.18. The summed E-state index contributed by atoms with van der Waals surface area (Å²) in [5.41, 5.74) is 3.12. The monoisotopic (exact) mass is 528 g/mol. The second-order valence-electron chi connectivity index (χ2n) is 10.2. The standard InChI is InChI=1S/C21H23N3S.C6H13NO3S/c1-2-6-19-17(4-1)7-11-24-14-10-22-20(24)21(19)8-12-23(13-9-21)16-18-5-3-15-25-18;8-11(9,10)7-6-4-2-1-3-5-6/h1-6,10,14-15H,7-9,11-13,16H2;6-7H,1-5H2,(H,8,9,10). The molecule has 3 aromatic rings. The molecule has 2 aromatic heterocycles. The van der Waals surface area contributed by atoms with Gasteiger partial charge in [-0.05, 0) is 67.8 Å². The molecule has 1 saturated carbocycles. The molecular weight excluding hydrogens is 492 g/mol. The van der Waals surface area contributed by atoms with Crippen LogP contribution in [0.15, 0.2) is 54.2 Å². The Morgan fingerprint density at radius 1 is 1.06 bits per heavy atom. The molecule has 6 rings (SSSR count). The Labute approximate surface area is 218 Å². The van der Waals surface area contributed by atoms with Crippen molar-refractivity contribution in [2.24, 2.45) is 0 Å². The Hall–Kier alpha value is -2.04. The fourth-order valence-corrected chi connectivity index (χ4v) is 7.52. The lowest BCUT2D eigenvalue weighted by molar-refractivity contribution is 0.167. The summed E-state index contributed by atoms with van der Waals surface area (Å²) in [6.07, 6.45) is 12.5. The Kier molecular flexibility index (Phi) is 7.93. The van der Waals surface area contributed by atoms with Crippen molar-refractivity contribution in [1.29, 1.82) is 0 Å². The molecule has 1 aromatic carbocycles. The zero-order valence-electron chi connectivity index (χ0n) is 20.7. The van der Waals surface area contributed by atoms with Crippen LogP contribution in [0.1, 0.15) is 66.8 Å². The van der Waals surface area contributed by atoms with E-state index in [0.717, 1.165) is 71.1 Å². The first-order valence-corrected chi connectivity index (χ1v) is 15.3. The highest BCUT2D eigenvalue weighted by Gasteiger charge is 2.43. The molecule has 2 aliphatic heterocycles. The zero-order valence-corrected chi connectivity index (χ0v) is 22.3. The first-order chi connectivity index (χ1) is 17.4. The van der Waals surface area contributed by atoms with Gasteiger partial charge in [-0.1, -0.05) is 49.6 Å². The zero-order chi connectivity index (χ0) is 25.0. The molecule has 0 unspecified atom stereocenters. The molecule has 1 saturated heterocycles. The lowest BCUT2D eigenvalue weighted by atomic mass is 9.70. The summed E-state index contributed by atoms with van der Waals surface area (Å²) < 4.78 is 33.7. The lowest BCUT2D eigenvalue weighted by Crippen LogP contribution is -2.44. The summed E-state index contributed by atoms with van der Waals surface area (Å²) >= 11 is 1.87. The van der Waals surface area contributed by atoms with Crippen molar-refractivity contribution in [3.05, 3.63) is 76.0 Å². The number of aryl methyl sites for hydroxylation is 2. The van der Waals surface area contributed by atoms with Crippen LogP contribution in [0.25, 0.3) is 0 Å². The Morgan fingerprint density at radius 2 is 1.83 bits per heavy atom. The molecule has 2 N–H and O–H groups in total. The first-order valence-electron chi connectivity index (χ1n) is 13.0. The smallest absolute Gasteiger partial charge is 0.333 e. The largest absolute Gasteiger partial charge is 0.334 e. The van der Waals surface area contributed by atoms with E-state index in [1.54, 1.807) is 0 Å². The predicted octanol–water partition coefficient (Wildman–Crippen LogP) is 4.79. The van der Waals surface area contributed by atoms with Crippen LogP contribution in [0.4, 0.5) is 0 Å². The van der Waals surface area contributed by atoms with E-state index in [0.29, 0.717) is 0 Å². The second-order valence-corrected chi connectivity index (χ2v) is 12.4. The van der Waals surface area contributed by atoms with Gasteiger partial charge in [-0.25, -0.2) is 4.98 Å². The van der Waals surface area contributed by atoms with Crippen molar-refractivity contribution in [1.82, 2.24) is 19.2 Å². The number of piperidine rings is 1. The molecule has 0 amide bonds. The molecule has 1 aliphatic carbocycles. The molecule has 7 nitrogen and oxygen atoms in total. The predicted molar refractivity (Wildman–Crippen MR) is 144 cm³/mol. The van der Waals surface area contributed by atoms with Crippen LogP contribution in [0.5, 0.6) is 0 Å². The minimum absolute atomic E-state index is 0.0428. The molecule has 9 heteroatoms. The van der Waals surface area contributed by atoms with Crippen LogP contribution < -0.4 is 4.72 Å². The van der Waals surface area contributed by atoms with Gasteiger partial charge >= 0.3 is 10.3 Å². The topological polar surface area (TPSA) is 87.5 Å². The number of aromatic nitrogens is 2. The summed E-state index contributed by atoms with van der Waals surface area (Å²) in [6, 6.07) is 13.4. The number of likely N-dealkylation sites (tertiary alicyclic amines) is 1. The van der Waals surface area contributed by atoms with Gasteiger partial charge in [-0.15, -0.1) is 11.3 Å². The number of hydrogen-bond donors (Lipinski definition) is 2. The van der Waals surface area contributed by atoms with Gasteiger partial charge < -0.3 is 4.57 Å². The van der Waals surface area contributed by atoms with E-state index >= 15 is 0 Å². The van der Waals surface area contributed by atoms with Gasteiger partial charge in [-0.3, -0.25) is 9.45 Å². The molecule has 194 valence electrons. The van der Waals surface area contributed by atoms with Gasteiger partial charge in [0.25, 0.3) is 0 Å². The van der Waals surface area contributed by atoms with Gasteiger partial charge in [0.2, 0.25) is 0 Å². The molecule has 2 fully saturated rings. The Morgan fingerprint density at radius 3 is 2.56 bits per heavy atom. The minimum Gasteiger partial charge on any atom is -0.334 e. The van der Waals surface area contributed by atoms with Crippen LogP contribution in [0, 0.1) is 0 Å². The third-order valence-corrected chi connectivity index (χ3v) is 9.38. The van der Waals surface area contributed by atoms with Gasteiger partial charge in [-0.2, -0.15) is 13.1 Å². The number of hydrogen-bond acceptors (Lipinski definition) is 5. The van der Waals surface area contributed by atoms with Gasteiger partial charge in [0, 0.05) is 36.4 Å². The molecule has 0 atom stereocenters. The summed E-state index contributed by atoms with van der Waals surface area (Å²) in [4.78, 5) is 8.92. The fourth-order valence-electron chi connectivity index (χ4n) is 6.11. The van der Waals surface area contributed by atoms with E-state index in [9.17, 15) is 8.42 Å². The van der Waals surface area contributed by atoms with E-state index < -0.39 is 10.3 Å². The summed E-state index contributed by atoms with van der Waals surface area (Å²) in [7, 11) is -3.97. The highest BCUT2D eigenvalue weighted by atomic mass is 32.2. The maximum Gasteiger partial charge on any atom is 0.333 e. The normalized spacial score (nSPS) is 20.1. The molecule has 0 bridgehead atoms. The third kappa shape index (κ3) is 5.92. The van der Waals surface area contributed by atoms with Crippen LogP contribution in [-0.2, 0) is 35.2 Å². The quantitative estimate of drug-likeness (QED) is 0.475. The number of rotatable bonds is 4.